The minimum atomic E-state index is -1.18. The van der Waals surface area contributed by atoms with Crippen molar-refractivity contribution in [3.63, 3.8) is 0 Å². The monoisotopic (exact) mass is 557 g/mol. The van der Waals surface area contributed by atoms with Crippen molar-refractivity contribution in [2.75, 3.05) is 19.6 Å². The van der Waals surface area contributed by atoms with Crippen molar-refractivity contribution in [3.8, 4) is 0 Å². The second kappa shape index (κ2) is 14.7. The molecule has 2 amide bonds. The van der Waals surface area contributed by atoms with Crippen molar-refractivity contribution < 1.29 is 23.5 Å². The molecule has 4 N–H and O–H groups in total. The molecule has 4 atom stereocenters. The predicted octanol–water partition coefficient (Wildman–Crippen LogP) is 4.76. The Morgan fingerprint density at radius 2 is 1.70 bits per heavy atom. The Morgan fingerprint density at radius 1 is 1.05 bits per heavy atom. The number of aliphatic hydroxyl groups is 1. The lowest BCUT2D eigenvalue weighted by molar-refractivity contribution is -0.138. The van der Waals surface area contributed by atoms with Crippen LogP contribution in [0.25, 0.3) is 0 Å². The van der Waals surface area contributed by atoms with E-state index in [0.29, 0.717) is 38.0 Å². The molecule has 8 heteroatoms. The van der Waals surface area contributed by atoms with Gasteiger partial charge in [0.1, 0.15) is 11.6 Å². The van der Waals surface area contributed by atoms with E-state index in [9.17, 15) is 23.5 Å². The molecule has 1 fully saturated rings. The zero-order chi connectivity index (χ0) is 29.3. The first kappa shape index (κ1) is 31.7. The van der Waals surface area contributed by atoms with Crippen LogP contribution in [0.1, 0.15) is 69.6 Å². The number of carbonyl (C=O) groups is 2. The first-order valence-corrected chi connectivity index (χ1v) is 14.6. The summed E-state index contributed by atoms with van der Waals surface area (Å²) in [6.45, 7) is 8.09. The lowest BCUT2D eigenvalue weighted by atomic mass is 9.67. The minimum absolute atomic E-state index is 0.00537. The predicted molar refractivity (Wildman–Crippen MR) is 153 cm³/mol. The van der Waals surface area contributed by atoms with Crippen LogP contribution in [0.2, 0.25) is 0 Å². The molecule has 0 radical (unpaired) electrons. The zero-order valence-electron chi connectivity index (χ0n) is 24.1. The van der Waals surface area contributed by atoms with Crippen LogP contribution in [0, 0.1) is 28.9 Å². The molecule has 0 saturated heterocycles. The summed E-state index contributed by atoms with van der Waals surface area (Å²) in [5.41, 5.74) is 7.48. The normalized spacial score (nSPS) is 20.3. The highest BCUT2D eigenvalue weighted by molar-refractivity contribution is 5.85. The smallest absolute Gasteiger partial charge is 0.225 e. The largest absolute Gasteiger partial charge is 0.391 e. The summed E-state index contributed by atoms with van der Waals surface area (Å²) < 4.78 is 28.2. The molecule has 1 aliphatic rings. The lowest BCUT2D eigenvalue weighted by Gasteiger charge is -2.38. The van der Waals surface area contributed by atoms with E-state index in [0.717, 1.165) is 30.9 Å². The summed E-state index contributed by atoms with van der Waals surface area (Å²) in [6.07, 6.45) is 2.62. The molecule has 0 aromatic heterocycles. The second-order valence-corrected chi connectivity index (χ2v) is 11.2. The molecular weight excluding hydrogens is 512 g/mol. The van der Waals surface area contributed by atoms with E-state index in [2.05, 4.69) is 24.4 Å². The van der Waals surface area contributed by atoms with Crippen molar-refractivity contribution in [2.24, 2.45) is 23.0 Å². The summed E-state index contributed by atoms with van der Waals surface area (Å²) in [4.78, 5) is 28.5. The number of rotatable bonds is 15. The Bertz CT molecular complexity index is 1120. The molecule has 2 aromatic rings. The summed E-state index contributed by atoms with van der Waals surface area (Å²) in [6, 6.07) is 11.4. The first-order valence-electron chi connectivity index (χ1n) is 14.6. The number of primary amides is 1. The van der Waals surface area contributed by atoms with Gasteiger partial charge >= 0.3 is 0 Å². The highest BCUT2D eigenvalue weighted by atomic mass is 19.1. The molecular formula is C32H45F2N3O3. The number of amides is 2. The fraction of sp³-hybridized carbons (Fsp3) is 0.562. The molecule has 0 heterocycles. The van der Waals surface area contributed by atoms with E-state index in [1.807, 2.05) is 30.9 Å². The highest BCUT2D eigenvalue weighted by Gasteiger charge is 2.53. The zero-order valence-corrected chi connectivity index (χ0v) is 24.1. The molecule has 0 spiro atoms. The van der Waals surface area contributed by atoms with Gasteiger partial charge in [-0.1, -0.05) is 45.0 Å². The maximum atomic E-state index is 14.1. The van der Waals surface area contributed by atoms with E-state index >= 15 is 0 Å². The van der Waals surface area contributed by atoms with Gasteiger partial charge in [-0.2, -0.15) is 0 Å². The van der Waals surface area contributed by atoms with E-state index in [1.165, 1.54) is 17.7 Å². The molecule has 0 aliphatic heterocycles. The Labute approximate surface area is 237 Å². The number of aliphatic hydroxyl groups excluding tert-OH is 1. The second-order valence-electron chi connectivity index (χ2n) is 11.2. The van der Waals surface area contributed by atoms with Gasteiger partial charge in [0.2, 0.25) is 11.8 Å². The summed E-state index contributed by atoms with van der Waals surface area (Å²) in [5, 5.41) is 14.8. The third-order valence-corrected chi connectivity index (χ3v) is 8.32. The van der Waals surface area contributed by atoms with Crippen molar-refractivity contribution in [3.05, 3.63) is 70.8 Å². The number of aryl methyl sites for hydroxylation is 1. The van der Waals surface area contributed by atoms with Gasteiger partial charge in [-0.3, -0.25) is 9.59 Å². The molecule has 6 nitrogen and oxygen atoms in total. The molecule has 2 aromatic carbocycles. The van der Waals surface area contributed by atoms with Crippen LogP contribution >= 0.6 is 0 Å². The van der Waals surface area contributed by atoms with Gasteiger partial charge in [-0.05, 0) is 73.8 Å². The minimum Gasteiger partial charge on any atom is -0.391 e. The standard InChI is InChI=1S/C32H45F2N3O3/c1-4-12-37(13-5-2)30(39)25-10-11-32(19-25,31(35)40)28(17-24-15-26(33)18-27(34)16-24)29(38)21-36-20-23-9-7-8-22(6-3)14-23/h7-9,14-16,18,25,28-29,36,38H,4-6,10-13,17,19-21H2,1-3H3,(H2,35,40)/t25?,28-,29+,32?/m1/s1. The molecule has 3 rings (SSSR count). The topological polar surface area (TPSA) is 95.7 Å². The van der Waals surface area contributed by atoms with Crippen LogP contribution in [0.4, 0.5) is 8.78 Å². The van der Waals surface area contributed by atoms with Gasteiger partial charge in [-0.15, -0.1) is 0 Å². The van der Waals surface area contributed by atoms with Crippen LogP contribution in [0.15, 0.2) is 42.5 Å². The fourth-order valence-electron chi connectivity index (χ4n) is 6.31. The number of benzene rings is 2. The summed E-state index contributed by atoms with van der Waals surface area (Å²) in [7, 11) is 0. The van der Waals surface area contributed by atoms with Crippen molar-refractivity contribution in [1.82, 2.24) is 10.2 Å². The maximum Gasteiger partial charge on any atom is 0.225 e. The van der Waals surface area contributed by atoms with Gasteiger partial charge in [0, 0.05) is 44.1 Å². The average Bonchev–Trinajstić information content (AvgIpc) is 3.37. The van der Waals surface area contributed by atoms with Crippen molar-refractivity contribution >= 4 is 11.8 Å². The van der Waals surface area contributed by atoms with Crippen molar-refractivity contribution in [1.29, 1.82) is 0 Å². The number of hydrogen-bond acceptors (Lipinski definition) is 4. The molecule has 0 bridgehead atoms. The number of carbonyl (C=O) groups excluding carboxylic acids is 2. The summed E-state index contributed by atoms with van der Waals surface area (Å²) in [5.74, 6) is -3.15. The Balaban J connectivity index is 1.87. The van der Waals surface area contributed by atoms with Crippen LogP contribution < -0.4 is 11.1 Å². The molecule has 2 unspecified atom stereocenters. The highest BCUT2D eigenvalue weighted by Crippen LogP contribution is 2.50. The van der Waals surface area contributed by atoms with Crippen molar-refractivity contribution in [2.45, 2.75) is 78.4 Å². The van der Waals surface area contributed by atoms with Gasteiger partial charge in [0.15, 0.2) is 0 Å². The molecule has 220 valence electrons. The molecule has 1 saturated carbocycles. The van der Waals surface area contributed by atoms with Crippen LogP contribution in [0.3, 0.4) is 0 Å². The van der Waals surface area contributed by atoms with E-state index in [1.54, 1.807) is 0 Å². The quantitative estimate of drug-likeness (QED) is 0.294. The van der Waals surface area contributed by atoms with Crippen LogP contribution in [-0.4, -0.2) is 47.6 Å². The Hall–Kier alpha value is -2.84. The first-order chi connectivity index (χ1) is 19.1. The third kappa shape index (κ3) is 7.88. The van der Waals surface area contributed by atoms with Crippen LogP contribution in [-0.2, 0) is 29.0 Å². The van der Waals surface area contributed by atoms with Gasteiger partial charge in [0.25, 0.3) is 0 Å². The van der Waals surface area contributed by atoms with Gasteiger partial charge in [0.05, 0.1) is 11.5 Å². The number of halogens is 2. The summed E-state index contributed by atoms with van der Waals surface area (Å²) >= 11 is 0. The number of hydrogen-bond donors (Lipinski definition) is 3. The maximum absolute atomic E-state index is 14.1. The SMILES string of the molecule is CCCN(CCC)C(=O)C1CCC(C(N)=O)([C@H](Cc2cc(F)cc(F)c2)[C@@H](O)CNCc2cccc(CC)c2)C1. The number of nitrogens with two attached hydrogens (primary N) is 1. The van der Waals surface area contributed by atoms with E-state index < -0.39 is 40.9 Å². The van der Waals surface area contributed by atoms with E-state index in [-0.39, 0.29) is 25.3 Å². The van der Waals surface area contributed by atoms with Crippen LogP contribution in [0.5, 0.6) is 0 Å². The lowest BCUT2D eigenvalue weighted by Crippen LogP contribution is -2.50. The average molecular weight is 558 g/mol. The Morgan fingerprint density at radius 3 is 2.30 bits per heavy atom. The molecule has 1 aliphatic carbocycles. The number of nitrogens with one attached hydrogen (secondary N) is 1. The van der Waals surface area contributed by atoms with Gasteiger partial charge in [-0.25, -0.2) is 8.78 Å². The Kier molecular flexibility index (Phi) is 11.6. The fourth-order valence-corrected chi connectivity index (χ4v) is 6.31. The van der Waals surface area contributed by atoms with Gasteiger partial charge < -0.3 is 21.1 Å². The number of nitrogens with zero attached hydrogens (tertiary/aromatic N) is 1. The van der Waals surface area contributed by atoms with E-state index in [4.69, 9.17) is 5.73 Å². The molecule has 40 heavy (non-hydrogen) atoms. The third-order valence-electron chi connectivity index (χ3n) is 8.32.